The number of ether oxygens (including phenoxy) is 1. The zero-order chi connectivity index (χ0) is 15.2. The van der Waals surface area contributed by atoms with E-state index in [2.05, 4.69) is 5.32 Å². The number of rotatable bonds is 5. The highest BCUT2D eigenvalue weighted by molar-refractivity contribution is 5.97. The molecule has 0 aliphatic heterocycles. The average molecular weight is 284 g/mol. The molecule has 2 aromatic rings. The van der Waals surface area contributed by atoms with Gasteiger partial charge in [-0.15, -0.1) is 0 Å². The monoisotopic (exact) mass is 284 g/mol. The molecule has 0 unspecified atom stereocenters. The quantitative estimate of drug-likeness (QED) is 0.830. The fourth-order valence-electron chi connectivity index (χ4n) is 1.92. The molecule has 0 bridgehead atoms. The van der Waals surface area contributed by atoms with Crippen LogP contribution in [-0.2, 0) is 6.61 Å². The number of nitrogens with two attached hydrogens (primary N) is 1. The Kier molecular flexibility index (Phi) is 4.82. The van der Waals surface area contributed by atoms with Crippen LogP contribution in [-0.4, -0.2) is 11.9 Å². The minimum atomic E-state index is -0.159. The van der Waals surface area contributed by atoms with Crippen LogP contribution in [0.15, 0.2) is 48.5 Å². The number of nitrogens with one attached hydrogen (secondary N) is 1. The summed E-state index contributed by atoms with van der Waals surface area (Å²) in [6.45, 7) is 4.23. The summed E-state index contributed by atoms with van der Waals surface area (Å²) < 4.78 is 5.77. The molecular formula is C17H20N2O2. The summed E-state index contributed by atoms with van der Waals surface area (Å²) in [4.78, 5) is 12.2. The molecule has 0 saturated carbocycles. The van der Waals surface area contributed by atoms with Gasteiger partial charge in [-0.3, -0.25) is 4.79 Å². The second-order valence-corrected chi connectivity index (χ2v) is 5.16. The van der Waals surface area contributed by atoms with E-state index < -0.39 is 0 Å². The molecular weight excluding hydrogens is 264 g/mol. The molecule has 110 valence electrons. The Bertz CT molecular complexity index is 609. The first-order valence-corrected chi connectivity index (χ1v) is 6.93. The molecule has 2 aromatic carbocycles. The van der Waals surface area contributed by atoms with E-state index >= 15 is 0 Å². The molecule has 0 fully saturated rings. The predicted octanol–water partition coefficient (Wildman–Crippen LogP) is 2.99. The number of carbonyl (C=O) groups excluding carboxylic acids is 1. The molecule has 0 saturated heterocycles. The van der Waals surface area contributed by atoms with Gasteiger partial charge >= 0.3 is 0 Å². The SMILES string of the molecule is CC(C)NC(=O)c1ccc(N)cc1OCc1ccccc1. The molecule has 0 aliphatic rings. The van der Waals surface area contributed by atoms with Gasteiger partial charge in [-0.05, 0) is 31.5 Å². The van der Waals surface area contributed by atoms with Crippen molar-refractivity contribution in [3.8, 4) is 5.75 Å². The van der Waals surface area contributed by atoms with Gasteiger partial charge in [0.05, 0.1) is 5.56 Å². The predicted molar refractivity (Wildman–Crippen MR) is 84.2 cm³/mol. The second kappa shape index (κ2) is 6.79. The number of hydrogen-bond donors (Lipinski definition) is 2. The number of benzene rings is 2. The molecule has 0 aliphatic carbocycles. The van der Waals surface area contributed by atoms with Crippen molar-refractivity contribution in [2.45, 2.75) is 26.5 Å². The first-order chi connectivity index (χ1) is 10.1. The van der Waals surface area contributed by atoms with E-state index in [1.54, 1.807) is 18.2 Å². The van der Waals surface area contributed by atoms with Crippen LogP contribution in [0.2, 0.25) is 0 Å². The Balaban J connectivity index is 2.17. The van der Waals surface area contributed by atoms with Crippen molar-refractivity contribution in [3.63, 3.8) is 0 Å². The normalized spacial score (nSPS) is 10.4. The van der Waals surface area contributed by atoms with Gasteiger partial charge in [0.25, 0.3) is 5.91 Å². The van der Waals surface area contributed by atoms with Crippen LogP contribution < -0.4 is 15.8 Å². The summed E-state index contributed by atoms with van der Waals surface area (Å²) in [6.07, 6.45) is 0. The lowest BCUT2D eigenvalue weighted by atomic mass is 10.1. The lowest BCUT2D eigenvalue weighted by molar-refractivity contribution is 0.0938. The van der Waals surface area contributed by atoms with Gasteiger partial charge in [0.1, 0.15) is 12.4 Å². The van der Waals surface area contributed by atoms with Crippen molar-refractivity contribution in [2.75, 3.05) is 5.73 Å². The topological polar surface area (TPSA) is 64.4 Å². The zero-order valence-electron chi connectivity index (χ0n) is 12.3. The summed E-state index contributed by atoms with van der Waals surface area (Å²) in [5, 5.41) is 2.86. The summed E-state index contributed by atoms with van der Waals surface area (Å²) in [5.41, 5.74) is 7.89. The molecule has 0 aromatic heterocycles. The molecule has 1 amide bonds. The van der Waals surface area contributed by atoms with Crippen LogP contribution >= 0.6 is 0 Å². The van der Waals surface area contributed by atoms with E-state index in [1.807, 2.05) is 44.2 Å². The van der Waals surface area contributed by atoms with E-state index in [0.29, 0.717) is 23.6 Å². The largest absolute Gasteiger partial charge is 0.488 e. The molecule has 3 N–H and O–H groups in total. The maximum atomic E-state index is 12.2. The summed E-state index contributed by atoms with van der Waals surface area (Å²) in [6, 6.07) is 14.9. The molecule has 0 atom stereocenters. The number of anilines is 1. The minimum absolute atomic E-state index is 0.0667. The minimum Gasteiger partial charge on any atom is -0.488 e. The highest BCUT2D eigenvalue weighted by Crippen LogP contribution is 2.23. The van der Waals surface area contributed by atoms with E-state index in [0.717, 1.165) is 5.56 Å². The van der Waals surface area contributed by atoms with Crippen molar-refractivity contribution in [2.24, 2.45) is 0 Å². The van der Waals surface area contributed by atoms with E-state index in [9.17, 15) is 4.79 Å². The molecule has 4 nitrogen and oxygen atoms in total. The van der Waals surface area contributed by atoms with Crippen molar-refractivity contribution in [1.29, 1.82) is 0 Å². The van der Waals surface area contributed by atoms with E-state index in [1.165, 1.54) is 0 Å². The van der Waals surface area contributed by atoms with Gasteiger partial charge in [-0.25, -0.2) is 0 Å². The van der Waals surface area contributed by atoms with Crippen LogP contribution in [0, 0.1) is 0 Å². The fraction of sp³-hybridized carbons (Fsp3) is 0.235. The Hall–Kier alpha value is -2.49. The van der Waals surface area contributed by atoms with E-state index in [4.69, 9.17) is 10.5 Å². The molecule has 21 heavy (non-hydrogen) atoms. The van der Waals surface area contributed by atoms with Crippen LogP contribution in [0.5, 0.6) is 5.75 Å². The van der Waals surface area contributed by atoms with Crippen molar-refractivity contribution in [3.05, 3.63) is 59.7 Å². The third kappa shape index (κ3) is 4.24. The molecule has 4 heteroatoms. The molecule has 0 radical (unpaired) electrons. The van der Waals surface area contributed by atoms with Gasteiger partial charge in [0.15, 0.2) is 0 Å². The fourth-order valence-corrected chi connectivity index (χ4v) is 1.92. The Morgan fingerprint density at radius 3 is 2.57 bits per heavy atom. The van der Waals surface area contributed by atoms with Gasteiger partial charge in [0.2, 0.25) is 0 Å². The maximum absolute atomic E-state index is 12.2. The van der Waals surface area contributed by atoms with Gasteiger partial charge in [-0.1, -0.05) is 30.3 Å². The number of amides is 1. The van der Waals surface area contributed by atoms with Crippen LogP contribution in [0.3, 0.4) is 0 Å². The number of nitrogen functional groups attached to an aromatic ring is 1. The third-order valence-electron chi connectivity index (χ3n) is 2.91. The van der Waals surface area contributed by atoms with Crippen LogP contribution in [0.25, 0.3) is 0 Å². The first-order valence-electron chi connectivity index (χ1n) is 6.93. The Morgan fingerprint density at radius 2 is 1.90 bits per heavy atom. The van der Waals surface area contributed by atoms with Crippen LogP contribution in [0.4, 0.5) is 5.69 Å². The number of hydrogen-bond acceptors (Lipinski definition) is 3. The highest BCUT2D eigenvalue weighted by Gasteiger charge is 2.14. The third-order valence-corrected chi connectivity index (χ3v) is 2.91. The highest BCUT2D eigenvalue weighted by atomic mass is 16.5. The molecule has 0 heterocycles. The smallest absolute Gasteiger partial charge is 0.255 e. The summed E-state index contributed by atoms with van der Waals surface area (Å²) in [5.74, 6) is 0.338. The first kappa shape index (κ1) is 14.9. The lowest BCUT2D eigenvalue weighted by Gasteiger charge is -2.14. The average Bonchev–Trinajstić information content (AvgIpc) is 2.45. The van der Waals surface area contributed by atoms with Crippen molar-refractivity contribution < 1.29 is 9.53 Å². The second-order valence-electron chi connectivity index (χ2n) is 5.16. The Morgan fingerprint density at radius 1 is 1.19 bits per heavy atom. The van der Waals surface area contributed by atoms with Crippen LogP contribution in [0.1, 0.15) is 29.8 Å². The molecule has 2 rings (SSSR count). The van der Waals surface area contributed by atoms with E-state index in [-0.39, 0.29) is 11.9 Å². The molecule has 0 spiro atoms. The van der Waals surface area contributed by atoms with Gasteiger partial charge in [0, 0.05) is 17.8 Å². The van der Waals surface area contributed by atoms with Crippen molar-refractivity contribution >= 4 is 11.6 Å². The maximum Gasteiger partial charge on any atom is 0.255 e. The van der Waals surface area contributed by atoms with Crippen molar-refractivity contribution in [1.82, 2.24) is 5.32 Å². The summed E-state index contributed by atoms with van der Waals surface area (Å²) in [7, 11) is 0. The van der Waals surface area contributed by atoms with Gasteiger partial charge < -0.3 is 15.8 Å². The zero-order valence-corrected chi connectivity index (χ0v) is 12.3. The lowest BCUT2D eigenvalue weighted by Crippen LogP contribution is -2.30. The Labute approximate surface area is 124 Å². The standard InChI is InChI=1S/C17H20N2O2/c1-12(2)19-17(20)15-9-8-14(18)10-16(15)21-11-13-6-4-3-5-7-13/h3-10,12H,11,18H2,1-2H3,(H,19,20). The van der Waals surface area contributed by atoms with Gasteiger partial charge in [-0.2, -0.15) is 0 Å². The summed E-state index contributed by atoms with van der Waals surface area (Å²) >= 11 is 0. The number of carbonyl (C=O) groups is 1.